The van der Waals surface area contributed by atoms with E-state index >= 15 is 0 Å². The second kappa shape index (κ2) is 11.2. The van der Waals surface area contributed by atoms with Crippen molar-refractivity contribution in [2.75, 3.05) is 0 Å². The average Bonchev–Trinajstić information content (AvgIpc) is 2.40. The lowest BCUT2D eigenvalue weighted by Gasteiger charge is -1.98. The van der Waals surface area contributed by atoms with E-state index in [1.807, 2.05) is 30.3 Å². The maximum absolute atomic E-state index is 10.9. The fourth-order valence-corrected chi connectivity index (χ4v) is 1.24. The highest BCUT2D eigenvalue weighted by Gasteiger charge is 2.03. The standard InChI is InChI=1S/C10H10O2.C6H8O3/c1-2-12-10(11)8-9-6-4-3-5-7-9;1-3-9-6(8)4-5(2)7/h2-7H,1,8H2;3H,1,4H2,2H3. The molecule has 1 aromatic carbocycles. The Balaban J connectivity index is 0.000000400. The van der Waals surface area contributed by atoms with E-state index in [9.17, 15) is 14.4 Å². The van der Waals surface area contributed by atoms with E-state index in [1.165, 1.54) is 6.92 Å². The lowest BCUT2D eigenvalue weighted by molar-refractivity contribution is -0.141. The minimum absolute atomic E-state index is 0.175. The summed E-state index contributed by atoms with van der Waals surface area (Å²) in [6.45, 7) is 7.78. The summed E-state index contributed by atoms with van der Waals surface area (Å²) in [5, 5.41) is 0. The van der Waals surface area contributed by atoms with Crippen molar-refractivity contribution < 1.29 is 23.9 Å². The van der Waals surface area contributed by atoms with Crippen LogP contribution >= 0.6 is 0 Å². The first kappa shape index (κ1) is 18.3. The Kier molecular flexibility index (Phi) is 9.73. The van der Waals surface area contributed by atoms with Gasteiger partial charge in [-0.1, -0.05) is 43.5 Å². The normalized spacial score (nSPS) is 8.62. The minimum atomic E-state index is -0.558. The van der Waals surface area contributed by atoms with E-state index in [1.54, 1.807) is 0 Å². The van der Waals surface area contributed by atoms with E-state index < -0.39 is 5.97 Å². The molecule has 0 heterocycles. The molecule has 0 saturated carbocycles. The molecule has 0 N–H and O–H groups in total. The smallest absolute Gasteiger partial charge is 0.318 e. The van der Waals surface area contributed by atoms with Crippen molar-refractivity contribution in [1.29, 1.82) is 0 Å². The summed E-state index contributed by atoms with van der Waals surface area (Å²) in [5.41, 5.74) is 0.948. The molecule has 0 spiro atoms. The molecular weight excluding hydrogens is 272 g/mol. The van der Waals surface area contributed by atoms with Gasteiger partial charge in [-0.25, -0.2) is 0 Å². The minimum Gasteiger partial charge on any atom is -0.435 e. The van der Waals surface area contributed by atoms with Crippen LogP contribution in [0.2, 0.25) is 0 Å². The lowest BCUT2D eigenvalue weighted by atomic mass is 10.2. The largest absolute Gasteiger partial charge is 0.435 e. The third-order valence-electron chi connectivity index (χ3n) is 2.01. The topological polar surface area (TPSA) is 69.7 Å². The van der Waals surface area contributed by atoms with Crippen molar-refractivity contribution in [3.8, 4) is 0 Å². The van der Waals surface area contributed by atoms with Gasteiger partial charge in [-0.15, -0.1) is 0 Å². The summed E-state index contributed by atoms with van der Waals surface area (Å²) in [7, 11) is 0. The quantitative estimate of drug-likeness (QED) is 0.457. The van der Waals surface area contributed by atoms with Gasteiger partial charge in [-0.3, -0.25) is 14.4 Å². The Morgan fingerprint density at radius 1 is 1.00 bits per heavy atom. The van der Waals surface area contributed by atoms with Crippen molar-refractivity contribution in [2.45, 2.75) is 19.8 Å². The summed E-state index contributed by atoms with van der Waals surface area (Å²) < 4.78 is 8.83. The third-order valence-corrected chi connectivity index (χ3v) is 2.01. The molecule has 0 unspecified atom stereocenters. The number of hydrogen-bond donors (Lipinski definition) is 0. The summed E-state index contributed by atoms with van der Waals surface area (Å²) in [4.78, 5) is 31.5. The molecule has 1 rings (SSSR count). The molecule has 0 bridgehead atoms. The summed E-state index contributed by atoms with van der Waals surface area (Å²) in [6, 6.07) is 9.43. The van der Waals surface area contributed by atoms with Gasteiger partial charge in [0.2, 0.25) is 0 Å². The molecule has 112 valence electrons. The van der Waals surface area contributed by atoms with Crippen LogP contribution in [0.3, 0.4) is 0 Å². The SMILES string of the molecule is C=COC(=O)CC(C)=O.C=COC(=O)Cc1ccccc1. The van der Waals surface area contributed by atoms with Crippen LogP contribution in [-0.2, 0) is 30.3 Å². The van der Waals surface area contributed by atoms with Gasteiger partial charge in [0.25, 0.3) is 0 Å². The molecule has 0 amide bonds. The Morgan fingerprint density at radius 2 is 1.52 bits per heavy atom. The van der Waals surface area contributed by atoms with Crippen LogP contribution in [0, 0.1) is 0 Å². The summed E-state index contributed by atoms with van der Waals surface area (Å²) in [6.07, 6.45) is 2.27. The Bertz CT molecular complexity index is 491. The third kappa shape index (κ3) is 10.9. The number of esters is 2. The van der Waals surface area contributed by atoms with Gasteiger partial charge >= 0.3 is 11.9 Å². The first-order valence-corrected chi connectivity index (χ1v) is 6.13. The lowest BCUT2D eigenvalue weighted by Crippen LogP contribution is -2.04. The molecule has 5 nitrogen and oxygen atoms in total. The van der Waals surface area contributed by atoms with Crippen molar-refractivity contribution in [2.24, 2.45) is 0 Å². The molecule has 21 heavy (non-hydrogen) atoms. The number of hydrogen-bond acceptors (Lipinski definition) is 5. The van der Waals surface area contributed by atoms with Crippen LogP contribution < -0.4 is 0 Å². The van der Waals surface area contributed by atoms with E-state index in [0.29, 0.717) is 6.42 Å². The molecule has 0 fully saturated rings. The molecule has 0 aliphatic rings. The molecule has 0 radical (unpaired) electrons. The van der Waals surface area contributed by atoms with Gasteiger partial charge in [0.1, 0.15) is 12.2 Å². The summed E-state index contributed by atoms with van der Waals surface area (Å²) in [5.74, 6) is -1.05. The zero-order valence-electron chi connectivity index (χ0n) is 11.9. The van der Waals surface area contributed by atoms with Gasteiger partial charge in [0, 0.05) is 0 Å². The van der Waals surface area contributed by atoms with Crippen molar-refractivity contribution in [1.82, 2.24) is 0 Å². The predicted octanol–water partition coefficient (Wildman–Crippen LogP) is 2.57. The monoisotopic (exact) mass is 290 g/mol. The highest BCUT2D eigenvalue weighted by molar-refractivity contribution is 5.94. The van der Waals surface area contributed by atoms with Crippen molar-refractivity contribution in [3.05, 3.63) is 61.6 Å². The molecule has 0 aliphatic heterocycles. The Hall–Kier alpha value is -2.69. The summed E-state index contributed by atoms with van der Waals surface area (Å²) >= 11 is 0. The second-order valence-electron chi connectivity index (χ2n) is 3.85. The maximum Gasteiger partial charge on any atom is 0.318 e. The molecular formula is C16H18O5. The van der Waals surface area contributed by atoms with Crippen LogP contribution in [0.25, 0.3) is 0 Å². The Labute approximate surface area is 123 Å². The number of ketones is 1. The van der Waals surface area contributed by atoms with Crippen LogP contribution in [-0.4, -0.2) is 17.7 Å². The van der Waals surface area contributed by atoms with Gasteiger partial charge < -0.3 is 9.47 Å². The first-order valence-electron chi connectivity index (χ1n) is 6.13. The second-order valence-corrected chi connectivity index (χ2v) is 3.85. The van der Waals surface area contributed by atoms with Gasteiger partial charge in [0.15, 0.2) is 0 Å². The molecule has 5 heteroatoms. The number of benzene rings is 1. The van der Waals surface area contributed by atoms with E-state index in [4.69, 9.17) is 0 Å². The van der Waals surface area contributed by atoms with Gasteiger partial charge in [-0.2, -0.15) is 0 Å². The van der Waals surface area contributed by atoms with Crippen molar-refractivity contribution >= 4 is 17.7 Å². The molecule has 0 aliphatic carbocycles. The number of carbonyl (C=O) groups excluding carboxylic acids is 3. The molecule has 0 atom stereocenters. The maximum atomic E-state index is 10.9. The van der Waals surface area contributed by atoms with Crippen LogP contribution in [0.4, 0.5) is 0 Å². The molecule has 1 aromatic rings. The highest BCUT2D eigenvalue weighted by atomic mass is 16.5. The molecule has 0 aromatic heterocycles. The fourth-order valence-electron chi connectivity index (χ4n) is 1.24. The highest BCUT2D eigenvalue weighted by Crippen LogP contribution is 2.00. The first-order chi connectivity index (χ1) is 9.99. The van der Waals surface area contributed by atoms with Crippen LogP contribution in [0.1, 0.15) is 18.9 Å². The number of carbonyl (C=O) groups is 3. The van der Waals surface area contributed by atoms with Crippen molar-refractivity contribution in [3.63, 3.8) is 0 Å². The van der Waals surface area contributed by atoms with E-state index in [2.05, 4.69) is 22.6 Å². The zero-order chi connectivity index (χ0) is 16.1. The average molecular weight is 290 g/mol. The zero-order valence-corrected chi connectivity index (χ0v) is 11.9. The van der Waals surface area contributed by atoms with Crippen LogP contribution in [0.5, 0.6) is 0 Å². The number of rotatable bonds is 6. The fraction of sp³-hybridized carbons (Fsp3) is 0.188. The van der Waals surface area contributed by atoms with Crippen LogP contribution in [0.15, 0.2) is 56.0 Å². The van der Waals surface area contributed by atoms with Gasteiger partial charge in [-0.05, 0) is 12.5 Å². The van der Waals surface area contributed by atoms with E-state index in [0.717, 1.165) is 18.1 Å². The van der Waals surface area contributed by atoms with E-state index in [-0.39, 0.29) is 18.2 Å². The van der Waals surface area contributed by atoms with Gasteiger partial charge in [0.05, 0.1) is 18.9 Å². The number of Topliss-reactive ketones (excluding diaryl/α,β-unsaturated/α-hetero) is 1. The molecule has 0 saturated heterocycles. The number of ether oxygens (including phenoxy) is 2. The predicted molar refractivity (Wildman–Crippen MR) is 78.0 cm³/mol. The Morgan fingerprint density at radius 3 is 2.00 bits per heavy atom.